The zero-order chi connectivity index (χ0) is 11.5. The highest BCUT2D eigenvalue weighted by atomic mass is 32.1. The number of hydrogen-bond acceptors (Lipinski definition) is 4. The van der Waals surface area contributed by atoms with E-state index < -0.39 is 0 Å². The molecule has 0 aromatic carbocycles. The molecule has 1 N–H and O–H groups in total. The van der Waals surface area contributed by atoms with Crippen molar-refractivity contribution in [3.05, 3.63) is 10.6 Å². The van der Waals surface area contributed by atoms with Gasteiger partial charge in [0, 0.05) is 19.0 Å². The Kier molecular flexibility index (Phi) is 3.82. The Morgan fingerprint density at radius 3 is 2.62 bits per heavy atom. The van der Waals surface area contributed by atoms with Crippen LogP contribution in [0.1, 0.15) is 23.4 Å². The summed E-state index contributed by atoms with van der Waals surface area (Å²) in [4.78, 5) is 8.19. The molecule has 0 radical (unpaired) electrons. The standard InChI is InChI=1S/C12H21N3S/c1-9-11(16-12(14-9)15(2)3)8-10-4-6-13-7-5-10/h10,13H,4-8H2,1-3H3. The summed E-state index contributed by atoms with van der Waals surface area (Å²) < 4.78 is 0. The zero-order valence-electron chi connectivity index (χ0n) is 10.4. The topological polar surface area (TPSA) is 28.2 Å². The second kappa shape index (κ2) is 5.15. The Balaban J connectivity index is 2.02. The predicted molar refractivity (Wildman–Crippen MR) is 70.5 cm³/mol. The van der Waals surface area contributed by atoms with Gasteiger partial charge in [-0.15, -0.1) is 11.3 Å². The van der Waals surface area contributed by atoms with Crippen molar-refractivity contribution in [2.45, 2.75) is 26.2 Å². The molecule has 3 nitrogen and oxygen atoms in total. The van der Waals surface area contributed by atoms with Gasteiger partial charge in [-0.2, -0.15) is 0 Å². The van der Waals surface area contributed by atoms with E-state index in [-0.39, 0.29) is 0 Å². The molecule has 1 aliphatic rings. The van der Waals surface area contributed by atoms with Gasteiger partial charge in [-0.05, 0) is 45.2 Å². The molecule has 1 aromatic rings. The first-order valence-electron chi connectivity index (χ1n) is 6.01. The average Bonchev–Trinajstić information content (AvgIpc) is 2.62. The van der Waals surface area contributed by atoms with Gasteiger partial charge in [-0.3, -0.25) is 0 Å². The molecule has 16 heavy (non-hydrogen) atoms. The number of anilines is 1. The van der Waals surface area contributed by atoms with Gasteiger partial charge in [0.25, 0.3) is 0 Å². The Morgan fingerprint density at radius 1 is 1.38 bits per heavy atom. The van der Waals surface area contributed by atoms with Crippen LogP contribution < -0.4 is 10.2 Å². The lowest BCUT2D eigenvalue weighted by molar-refractivity contribution is 0.374. The summed E-state index contributed by atoms with van der Waals surface area (Å²) in [7, 11) is 4.12. The lowest BCUT2D eigenvalue weighted by Gasteiger charge is -2.21. The lowest BCUT2D eigenvalue weighted by atomic mass is 9.94. The molecule has 1 aliphatic heterocycles. The van der Waals surface area contributed by atoms with Crippen LogP contribution in [0.3, 0.4) is 0 Å². The molecule has 0 amide bonds. The largest absolute Gasteiger partial charge is 0.354 e. The summed E-state index contributed by atoms with van der Waals surface area (Å²) in [5, 5.41) is 4.56. The molecule has 1 aromatic heterocycles. The second-order valence-corrected chi connectivity index (χ2v) is 5.86. The molecule has 0 bridgehead atoms. The Morgan fingerprint density at radius 2 is 2.06 bits per heavy atom. The van der Waals surface area contributed by atoms with Crippen molar-refractivity contribution in [1.82, 2.24) is 10.3 Å². The minimum Gasteiger partial charge on any atom is -0.354 e. The van der Waals surface area contributed by atoms with E-state index in [9.17, 15) is 0 Å². The van der Waals surface area contributed by atoms with E-state index in [4.69, 9.17) is 0 Å². The average molecular weight is 239 g/mol. The summed E-state index contributed by atoms with van der Waals surface area (Å²) in [6, 6.07) is 0. The van der Waals surface area contributed by atoms with E-state index in [2.05, 4.69) is 36.2 Å². The summed E-state index contributed by atoms with van der Waals surface area (Å²) in [6.07, 6.45) is 3.85. The maximum absolute atomic E-state index is 4.60. The van der Waals surface area contributed by atoms with Crippen LogP contribution in [0.15, 0.2) is 0 Å². The van der Waals surface area contributed by atoms with Gasteiger partial charge in [-0.25, -0.2) is 4.98 Å². The second-order valence-electron chi connectivity index (χ2n) is 4.80. The first-order valence-corrected chi connectivity index (χ1v) is 6.83. The van der Waals surface area contributed by atoms with Gasteiger partial charge >= 0.3 is 0 Å². The van der Waals surface area contributed by atoms with Crippen LogP contribution in [0.4, 0.5) is 5.13 Å². The molecule has 2 rings (SSSR count). The Bertz CT molecular complexity index is 340. The van der Waals surface area contributed by atoms with Crippen molar-refractivity contribution in [1.29, 1.82) is 0 Å². The first-order chi connectivity index (χ1) is 7.66. The fraction of sp³-hybridized carbons (Fsp3) is 0.750. The molecule has 0 spiro atoms. The maximum atomic E-state index is 4.60. The molecule has 0 atom stereocenters. The number of nitrogens with zero attached hydrogens (tertiary/aromatic N) is 2. The van der Waals surface area contributed by atoms with Gasteiger partial charge in [0.15, 0.2) is 5.13 Å². The third kappa shape index (κ3) is 2.74. The molecule has 90 valence electrons. The summed E-state index contributed by atoms with van der Waals surface area (Å²) in [6.45, 7) is 4.51. The fourth-order valence-corrected chi connectivity index (χ4v) is 3.24. The minimum absolute atomic E-state index is 0.857. The van der Waals surface area contributed by atoms with Gasteiger partial charge in [0.1, 0.15) is 0 Å². The van der Waals surface area contributed by atoms with Crippen LogP contribution in [0.25, 0.3) is 0 Å². The van der Waals surface area contributed by atoms with Crippen LogP contribution in [-0.4, -0.2) is 32.2 Å². The van der Waals surface area contributed by atoms with E-state index in [1.807, 2.05) is 11.3 Å². The monoisotopic (exact) mass is 239 g/mol. The third-order valence-corrected chi connectivity index (χ3v) is 4.54. The van der Waals surface area contributed by atoms with Gasteiger partial charge in [-0.1, -0.05) is 0 Å². The molecule has 2 heterocycles. The van der Waals surface area contributed by atoms with E-state index in [0.29, 0.717) is 0 Å². The van der Waals surface area contributed by atoms with Crippen LogP contribution >= 0.6 is 11.3 Å². The van der Waals surface area contributed by atoms with Crippen molar-refractivity contribution < 1.29 is 0 Å². The van der Waals surface area contributed by atoms with Crippen LogP contribution in [0.5, 0.6) is 0 Å². The summed E-state index contributed by atoms with van der Waals surface area (Å²) >= 11 is 1.86. The predicted octanol–water partition coefficient (Wildman–Crippen LogP) is 2.06. The molecule has 0 unspecified atom stereocenters. The van der Waals surface area contributed by atoms with E-state index in [0.717, 1.165) is 11.0 Å². The summed E-state index contributed by atoms with van der Waals surface area (Å²) in [5.74, 6) is 0.857. The molecule has 4 heteroatoms. The van der Waals surface area contributed by atoms with Crippen LogP contribution in [0.2, 0.25) is 0 Å². The van der Waals surface area contributed by atoms with E-state index in [1.54, 1.807) is 0 Å². The number of aryl methyl sites for hydroxylation is 1. The third-order valence-electron chi connectivity index (χ3n) is 3.20. The number of rotatable bonds is 3. The minimum atomic E-state index is 0.857. The SMILES string of the molecule is Cc1nc(N(C)C)sc1CC1CCNCC1. The highest BCUT2D eigenvalue weighted by Gasteiger charge is 2.17. The molecule has 1 saturated heterocycles. The highest BCUT2D eigenvalue weighted by molar-refractivity contribution is 7.15. The van der Waals surface area contributed by atoms with Gasteiger partial charge in [0.2, 0.25) is 0 Å². The smallest absolute Gasteiger partial charge is 0.185 e. The van der Waals surface area contributed by atoms with Crippen LogP contribution in [-0.2, 0) is 6.42 Å². The van der Waals surface area contributed by atoms with Gasteiger partial charge < -0.3 is 10.2 Å². The number of hydrogen-bond donors (Lipinski definition) is 1. The molecule has 0 saturated carbocycles. The van der Waals surface area contributed by atoms with Crippen LogP contribution in [0, 0.1) is 12.8 Å². The van der Waals surface area contributed by atoms with Crippen molar-refractivity contribution in [2.75, 3.05) is 32.1 Å². The van der Waals surface area contributed by atoms with E-state index >= 15 is 0 Å². The van der Waals surface area contributed by atoms with Crippen molar-refractivity contribution in [2.24, 2.45) is 5.92 Å². The number of piperidine rings is 1. The maximum Gasteiger partial charge on any atom is 0.185 e. The van der Waals surface area contributed by atoms with E-state index in [1.165, 1.54) is 42.9 Å². The molecule has 0 aliphatic carbocycles. The number of nitrogens with one attached hydrogen (secondary N) is 1. The molecular weight excluding hydrogens is 218 g/mol. The van der Waals surface area contributed by atoms with Crippen molar-refractivity contribution in [3.8, 4) is 0 Å². The van der Waals surface area contributed by atoms with Crippen molar-refractivity contribution in [3.63, 3.8) is 0 Å². The zero-order valence-corrected chi connectivity index (χ0v) is 11.2. The molecular formula is C12H21N3S. The van der Waals surface area contributed by atoms with Gasteiger partial charge in [0.05, 0.1) is 5.69 Å². The highest BCUT2D eigenvalue weighted by Crippen LogP contribution is 2.28. The summed E-state index contributed by atoms with van der Waals surface area (Å²) in [5.41, 5.74) is 1.23. The molecule has 1 fully saturated rings. The van der Waals surface area contributed by atoms with Crippen molar-refractivity contribution >= 4 is 16.5 Å². The fourth-order valence-electron chi connectivity index (χ4n) is 2.14. The first kappa shape index (κ1) is 11.9. The normalized spacial score (nSPS) is 17.7. The number of aromatic nitrogens is 1. The number of thiazole rings is 1. The Labute approximate surface area is 102 Å². The lowest BCUT2D eigenvalue weighted by Crippen LogP contribution is -2.28. The quantitative estimate of drug-likeness (QED) is 0.875. The Hall–Kier alpha value is -0.610.